The Balaban J connectivity index is 1.87. The van der Waals surface area contributed by atoms with Crippen molar-refractivity contribution < 1.29 is 18.0 Å². The van der Waals surface area contributed by atoms with Crippen molar-refractivity contribution in [3.63, 3.8) is 0 Å². The number of hydrogen-bond donors (Lipinski definition) is 2. The van der Waals surface area contributed by atoms with Crippen LogP contribution >= 0.6 is 11.6 Å². The number of anilines is 1. The highest BCUT2D eigenvalue weighted by molar-refractivity contribution is 7.89. The molecular formula is C23H24ClN3O4S. The van der Waals surface area contributed by atoms with E-state index >= 15 is 0 Å². The van der Waals surface area contributed by atoms with Crippen molar-refractivity contribution in [2.45, 2.75) is 24.7 Å². The molecule has 2 amide bonds. The van der Waals surface area contributed by atoms with Crippen LogP contribution in [0.2, 0.25) is 5.02 Å². The molecule has 0 bridgehead atoms. The van der Waals surface area contributed by atoms with Crippen molar-refractivity contribution in [1.29, 1.82) is 0 Å². The van der Waals surface area contributed by atoms with Crippen molar-refractivity contribution in [2.24, 2.45) is 5.92 Å². The van der Waals surface area contributed by atoms with Crippen LogP contribution in [-0.2, 0) is 10.0 Å². The van der Waals surface area contributed by atoms with Gasteiger partial charge in [0.25, 0.3) is 11.8 Å². The lowest BCUT2D eigenvalue weighted by atomic mass is 10.0. The fourth-order valence-corrected chi connectivity index (χ4v) is 5.66. The molecule has 3 rings (SSSR count). The number of piperidine rings is 1. The molecule has 9 heteroatoms. The van der Waals surface area contributed by atoms with Crippen LogP contribution in [0.4, 0.5) is 5.69 Å². The first kappa shape index (κ1) is 23.8. The van der Waals surface area contributed by atoms with Crippen LogP contribution in [0.3, 0.4) is 0 Å². The number of nitrogens with zero attached hydrogens (tertiary/aromatic N) is 1. The maximum absolute atomic E-state index is 13.2. The molecule has 0 spiro atoms. The Bertz CT molecular complexity index is 1170. The lowest BCUT2D eigenvalue weighted by molar-refractivity contribution is 0.0959. The van der Waals surface area contributed by atoms with Crippen LogP contribution in [0, 0.1) is 18.3 Å². The molecule has 0 saturated carbocycles. The maximum atomic E-state index is 13.2. The minimum atomic E-state index is -3.85. The summed E-state index contributed by atoms with van der Waals surface area (Å²) in [7, 11) is -3.85. The smallest absolute Gasteiger partial charge is 0.255 e. The first-order valence-electron chi connectivity index (χ1n) is 10.2. The Morgan fingerprint density at radius 3 is 2.69 bits per heavy atom. The van der Waals surface area contributed by atoms with Crippen molar-refractivity contribution in [2.75, 3.05) is 25.0 Å². The van der Waals surface area contributed by atoms with Gasteiger partial charge in [0.05, 0.1) is 22.8 Å². The number of para-hydroxylation sites is 1. The van der Waals surface area contributed by atoms with E-state index in [-0.39, 0.29) is 39.2 Å². The molecular weight excluding hydrogens is 450 g/mol. The van der Waals surface area contributed by atoms with Gasteiger partial charge in [0.1, 0.15) is 4.90 Å². The summed E-state index contributed by atoms with van der Waals surface area (Å²) >= 11 is 6.21. The molecule has 168 valence electrons. The molecule has 1 unspecified atom stereocenters. The lowest BCUT2D eigenvalue weighted by Crippen LogP contribution is -2.39. The standard InChI is InChI=1S/C23H24ClN3O4S/c1-3-12-25-23(29)18-8-4-5-9-20(18)26-22(28)17-10-11-19(24)21(14-17)32(30,31)27-13-6-7-16(2)15-27/h1,4-5,8-11,14,16H,6-7,12-13,15H2,2H3,(H,25,29)(H,26,28). The van der Waals surface area contributed by atoms with Gasteiger partial charge in [-0.05, 0) is 49.1 Å². The Hall–Kier alpha value is -2.86. The average Bonchev–Trinajstić information content (AvgIpc) is 2.78. The fraction of sp³-hybridized carbons (Fsp3) is 0.304. The number of halogens is 1. The van der Waals surface area contributed by atoms with E-state index in [4.69, 9.17) is 18.0 Å². The third-order valence-electron chi connectivity index (χ3n) is 5.20. The zero-order valence-electron chi connectivity index (χ0n) is 17.6. The van der Waals surface area contributed by atoms with Gasteiger partial charge >= 0.3 is 0 Å². The largest absolute Gasteiger partial charge is 0.341 e. The summed E-state index contributed by atoms with van der Waals surface area (Å²) in [5.41, 5.74) is 0.619. The number of rotatable bonds is 6. The second kappa shape index (κ2) is 10.2. The summed E-state index contributed by atoms with van der Waals surface area (Å²) in [6, 6.07) is 10.6. The summed E-state index contributed by atoms with van der Waals surface area (Å²) in [4.78, 5) is 25.1. The predicted molar refractivity (Wildman–Crippen MR) is 124 cm³/mol. The Kier molecular flexibility index (Phi) is 7.56. The number of amides is 2. The number of carbonyl (C=O) groups is 2. The molecule has 2 aromatic rings. The van der Waals surface area contributed by atoms with Gasteiger partial charge in [0.2, 0.25) is 10.0 Å². The fourth-order valence-electron chi connectivity index (χ4n) is 3.56. The highest BCUT2D eigenvalue weighted by Crippen LogP contribution is 2.29. The number of nitrogens with one attached hydrogen (secondary N) is 2. The summed E-state index contributed by atoms with van der Waals surface area (Å²) in [6.45, 7) is 2.88. The molecule has 0 aliphatic carbocycles. The number of terminal acetylenes is 1. The van der Waals surface area contributed by atoms with Crippen molar-refractivity contribution in [3.8, 4) is 12.3 Å². The minimum Gasteiger partial charge on any atom is -0.341 e. The molecule has 1 saturated heterocycles. The molecule has 2 aromatic carbocycles. The molecule has 2 N–H and O–H groups in total. The van der Waals surface area contributed by atoms with Crippen molar-refractivity contribution >= 4 is 39.1 Å². The molecule has 1 heterocycles. The highest BCUT2D eigenvalue weighted by Gasteiger charge is 2.31. The van der Waals surface area contributed by atoms with Gasteiger partial charge in [-0.25, -0.2) is 8.42 Å². The van der Waals surface area contributed by atoms with Gasteiger partial charge in [0, 0.05) is 18.7 Å². The number of sulfonamides is 1. The SMILES string of the molecule is C#CCNC(=O)c1ccccc1NC(=O)c1ccc(Cl)c(S(=O)(=O)N2CCCC(C)C2)c1. The number of hydrogen-bond acceptors (Lipinski definition) is 4. The van der Waals surface area contributed by atoms with Crippen LogP contribution in [0.1, 0.15) is 40.5 Å². The van der Waals surface area contributed by atoms with Gasteiger partial charge in [-0.15, -0.1) is 6.42 Å². The van der Waals surface area contributed by atoms with E-state index in [2.05, 4.69) is 16.6 Å². The van der Waals surface area contributed by atoms with Crippen molar-refractivity contribution in [3.05, 3.63) is 58.6 Å². The highest BCUT2D eigenvalue weighted by atomic mass is 35.5. The monoisotopic (exact) mass is 473 g/mol. The number of benzene rings is 2. The third-order valence-corrected chi connectivity index (χ3v) is 7.55. The Morgan fingerprint density at radius 2 is 1.97 bits per heavy atom. The number of carbonyl (C=O) groups excluding carboxylic acids is 2. The van der Waals surface area contributed by atoms with Gasteiger partial charge in [-0.3, -0.25) is 9.59 Å². The Labute approximate surface area is 193 Å². The van der Waals surface area contributed by atoms with E-state index in [1.54, 1.807) is 24.3 Å². The molecule has 0 aromatic heterocycles. The third kappa shape index (κ3) is 5.30. The zero-order valence-corrected chi connectivity index (χ0v) is 19.2. The van der Waals surface area contributed by atoms with Crippen LogP contribution in [0.15, 0.2) is 47.4 Å². The van der Waals surface area contributed by atoms with E-state index in [0.717, 1.165) is 12.8 Å². The van der Waals surface area contributed by atoms with E-state index in [1.165, 1.54) is 22.5 Å². The quantitative estimate of drug-likeness (QED) is 0.629. The van der Waals surface area contributed by atoms with E-state index in [1.807, 2.05) is 6.92 Å². The minimum absolute atomic E-state index is 0.0499. The molecule has 32 heavy (non-hydrogen) atoms. The van der Waals surface area contributed by atoms with Crippen LogP contribution in [0.5, 0.6) is 0 Å². The molecule has 1 aliphatic heterocycles. The Morgan fingerprint density at radius 1 is 1.22 bits per heavy atom. The summed E-state index contributed by atoms with van der Waals surface area (Å²) < 4.78 is 27.8. The average molecular weight is 474 g/mol. The molecule has 1 atom stereocenters. The second-order valence-electron chi connectivity index (χ2n) is 7.64. The molecule has 0 radical (unpaired) electrons. The first-order valence-corrected chi connectivity index (χ1v) is 12.0. The maximum Gasteiger partial charge on any atom is 0.255 e. The van der Waals surface area contributed by atoms with Crippen molar-refractivity contribution in [1.82, 2.24) is 9.62 Å². The first-order chi connectivity index (χ1) is 15.2. The van der Waals surface area contributed by atoms with E-state index < -0.39 is 21.8 Å². The summed E-state index contributed by atoms with van der Waals surface area (Å²) in [5, 5.41) is 5.27. The normalized spacial score (nSPS) is 16.7. The molecule has 1 aliphatic rings. The lowest BCUT2D eigenvalue weighted by Gasteiger charge is -2.30. The topological polar surface area (TPSA) is 95.6 Å². The summed E-state index contributed by atoms with van der Waals surface area (Å²) in [5.74, 6) is 1.57. The van der Waals surface area contributed by atoms with Crippen LogP contribution in [0.25, 0.3) is 0 Å². The van der Waals surface area contributed by atoms with Gasteiger partial charge in [-0.1, -0.05) is 36.6 Å². The van der Waals surface area contributed by atoms with Gasteiger partial charge in [0.15, 0.2) is 0 Å². The van der Waals surface area contributed by atoms with Crippen LogP contribution < -0.4 is 10.6 Å². The molecule has 7 nitrogen and oxygen atoms in total. The second-order valence-corrected chi connectivity index (χ2v) is 9.96. The molecule has 1 fully saturated rings. The predicted octanol–water partition coefficient (Wildman–Crippen LogP) is 3.38. The summed E-state index contributed by atoms with van der Waals surface area (Å²) in [6.07, 6.45) is 6.92. The van der Waals surface area contributed by atoms with E-state index in [0.29, 0.717) is 13.1 Å². The van der Waals surface area contributed by atoms with Crippen LogP contribution in [-0.4, -0.2) is 44.2 Å². The van der Waals surface area contributed by atoms with Gasteiger partial charge in [-0.2, -0.15) is 4.31 Å². The van der Waals surface area contributed by atoms with Gasteiger partial charge < -0.3 is 10.6 Å². The van der Waals surface area contributed by atoms with E-state index in [9.17, 15) is 18.0 Å². The zero-order chi connectivity index (χ0) is 23.3.